The van der Waals surface area contributed by atoms with E-state index in [2.05, 4.69) is 14.8 Å². The predicted molar refractivity (Wildman–Crippen MR) is 61.1 cm³/mol. The van der Waals surface area contributed by atoms with Crippen molar-refractivity contribution >= 4 is 15.7 Å². The number of aryl methyl sites for hydroxylation is 1. The Balaban J connectivity index is 2.31. The van der Waals surface area contributed by atoms with Gasteiger partial charge in [0, 0.05) is 25.5 Å². The fraction of sp³-hybridized carbons (Fsp3) is 0.111. The highest BCUT2D eigenvalue weighted by Crippen LogP contribution is 2.12. The maximum absolute atomic E-state index is 11.9. The molecule has 2 heterocycles. The number of hydrogen-bond donors (Lipinski definition) is 2. The third kappa shape index (κ3) is 2.53. The van der Waals surface area contributed by atoms with Gasteiger partial charge in [0.1, 0.15) is 4.90 Å². The highest BCUT2D eigenvalue weighted by atomic mass is 32.2. The number of aromatic nitrogens is 3. The Kier molecular flexibility index (Phi) is 2.72. The molecule has 0 aliphatic rings. The molecular formula is C9H10N4O3S. The van der Waals surface area contributed by atoms with Crippen molar-refractivity contribution in [1.29, 1.82) is 0 Å². The normalized spacial score (nSPS) is 11.4. The largest absolute Gasteiger partial charge is 0.328 e. The Bertz CT molecular complexity index is 666. The van der Waals surface area contributed by atoms with Gasteiger partial charge in [0.25, 0.3) is 10.0 Å². The van der Waals surface area contributed by atoms with Crippen molar-refractivity contribution < 1.29 is 8.42 Å². The molecule has 0 radical (unpaired) electrons. The molecule has 0 unspecified atom stereocenters. The van der Waals surface area contributed by atoms with Crippen LogP contribution in [0.4, 0.5) is 5.69 Å². The fourth-order valence-electron chi connectivity index (χ4n) is 1.25. The van der Waals surface area contributed by atoms with Crippen LogP contribution in [0.15, 0.2) is 40.4 Å². The van der Waals surface area contributed by atoms with E-state index in [0.29, 0.717) is 5.69 Å². The molecule has 8 heteroatoms. The zero-order valence-electron chi connectivity index (χ0n) is 8.91. The molecule has 2 rings (SSSR count). The standard InChI is InChI=1S/C9H10N4O3S/c1-13-6-7(4-11-13)12-17(15,16)8-2-3-9(14)10-5-8/h2-6,12H,1H3,(H,10,14). The van der Waals surface area contributed by atoms with Gasteiger partial charge >= 0.3 is 0 Å². The monoisotopic (exact) mass is 254 g/mol. The Morgan fingerprint density at radius 3 is 2.71 bits per heavy atom. The van der Waals surface area contributed by atoms with Gasteiger partial charge in [-0.05, 0) is 6.07 Å². The van der Waals surface area contributed by atoms with Crippen molar-refractivity contribution in [3.05, 3.63) is 41.1 Å². The SMILES string of the molecule is Cn1cc(NS(=O)(=O)c2ccc(=O)[nH]c2)cn1. The maximum Gasteiger partial charge on any atom is 0.263 e. The van der Waals surface area contributed by atoms with E-state index in [1.54, 1.807) is 7.05 Å². The van der Waals surface area contributed by atoms with Crippen molar-refractivity contribution in [3.63, 3.8) is 0 Å². The van der Waals surface area contributed by atoms with Crippen LogP contribution in [-0.2, 0) is 17.1 Å². The first-order chi connectivity index (χ1) is 7.97. The summed E-state index contributed by atoms with van der Waals surface area (Å²) in [5, 5.41) is 3.84. The molecule has 0 aliphatic carbocycles. The number of pyridine rings is 1. The number of H-pyrrole nitrogens is 1. The lowest BCUT2D eigenvalue weighted by Crippen LogP contribution is -2.14. The first-order valence-corrected chi connectivity index (χ1v) is 6.16. The smallest absolute Gasteiger partial charge is 0.263 e. The molecule has 90 valence electrons. The van der Waals surface area contributed by atoms with Gasteiger partial charge in [0.2, 0.25) is 5.56 Å². The van der Waals surface area contributed by atoms with Crippen LogP contribution in [0.1, 0.15) is 0 Å². The highest BCUT2D eigenvalue weighted by molar-refractivity contribution is 7.92. The maximum atomic E-state index is 11.9. The lowest BCUT2D eigenvalue weighted by molar-refractivity contribution is 0.600. The van der Waals surface area contributed by atoms with Crippen LogP contribution in [0.25, 0.3) is 0 Å². The van der Waals surface area contributed by atoms with E-state index in [-0.39, 0.29) is 10.5 Å². The molecule has 0 spiro atoms. The van der Waals surface area contributed by atoms with Crippen LogP contribution in [0, 0.1) is 0 Å². The molecule has 2 aromatic rings. The number of nitrogens with zero attached hydrogens (tertiary/aromatic N) is 2. The second kappa shape index (κ2) is 4.06. The molecule has 17 heavy (non-hydrogen) atoms. The van der Waals surface area contributed by atoms with Crippen molar-refractivity contribution in [2.45, 2.75) is 4.90 Å². The Morgan fingerprint density at radius 2 is 2.18 bits per heavy atom. The van der Waals surface area contributed by atoms with Crippen molar-refractivity contribution in [1.82, 2.24) is 14.8 Å². The van der Waals surface area contributed by atoms with Crippen LogP contribution in [-0.4, -0.2) is 23.2 Å². The summed E-state index contributed by atoms with van der Waals surface area (Å²) in [5.74, 6) is 0. The molecule has 0 saturated heterocycles. The van der Waals surface area contributed by atoms with Gasteiger partial charge in [0.05, 0.1) is 11.9 Å². The molecular weight excluding hydrogens is 244 g/mol. The minimum Gasteiger partial charge on any atom is -0.328 e. The Hall–Kier alpha value is -2.09. The lowest BCUT2D eigenvalue weighted by Gasteiger charge is -2.04. The van der Waals surface area contributed by atoms with Crippen LogP contribution in [0.2, 0.25) is 0 Å². The van der Waals surface area contributed by atoms with Gasteiger partial charge in [0.15, 0.2) is 0 Å². The number of nitrogens with one attached hydrogen (secondary N) is 2. The molecule has 0 saturated carbocycles. The minimum atomic E-state index is -3.69. The summed E-state index contributed by atoms with van der Waals surface area (Å²) in [4.78, 5) is 13.1. The van der Waals surface area contributed by atoms with E-state index >= 15 is 0 Å². The van der Waals surface area contributed by atoms with Crippen LogP contribution >= 0.6 is 0 Å². The summed E-state index contributed by atoms with van der Waals surface area (Å²) in [6, 6.07) is 2.38. The zero-order chi connectivity index (χ0) is 12.5. The first kappa shape index (κ1) is 11.4. The average Bonchev–Trinajstić information content (AvgIpc) is 2.63. The Morgan fingerprint density at radius 1 is 1.41 bits per heavy atom. The molecule has 0 fully saturated rings. The van der Waals surface area contributed by atoms with Gasteiger partial charge in [-0.2, -0.15) is 5.10 Å². The molecule has 0 amide bonds. The van der Waals surface area contributed by atoms with E-state index in [1.807, 2.05) is 0 Å². The summed E-state index contributed by atoms with van der Waals surface area (Å²) in [6.45, 7) is 0. The van der Waals surface area contributed by atoms with Crippen LogP contribution in [0.3, 0.4) is 0 Å². The summed E-state index contributed by atoms with van der Waals surface area (Å²) in [6.07, 6.45) is 4.06. The van der Waals surface area contributed by atoms with Gasteiger partial charge in [-0.15, -0.1) is 0 Å². The molecule has 2 aromatic heterocycles. The molecule has 0 bridgehead atoms. The Labute approximate surface area is 97.2 Å². The summed E-state index contributed by atoms with van der Waals surface area (Å²) >= 11 is 0. The number of rotatable bonds is 3. The van der Waals surface area contributed by atoms with E-state index in [4.69, 9.17) is 0 Å². The zero-order valence-corrected chi connectivity index (χ0v) is 9.73. The first-order valence-electron chi connectivity index (χ1n) is 4.67. The fourth-order valence-corrected chi connectivity index (χ4v) is 2.25. The summed E-state index contributed by atoms with van der Waals surface area (Å²) < 4.78 is 27.5. The summed E-state index contributed by atoms with van der Waals surface area (Å²) in [5.41, 5.74) is 0.00373. The van der Waals surface area contributed by atoms with Gasteiger partial charge in [-0.1, -0.05) is 0 Å². The van der Waals surface area contributed by atoms with E-state index in [1.165, 1.54) is 23.1 Å². The predicted octanol–water partition coefficient (Wildman–Crippen LogP) is -0.0908. The van der Waals surface area contributed by atoms with E-state index < -0.39 is 10.0 Å². The van der Waals surface area contributed by atoms with Crippen molar-refractivity contribution in [2.75, 3.05) is 4.72 Å². The second-order valence-corrected chi connectivity index (χ2v) is 5.08. The molecule has 2 N–H and O–H groups in total. The van der Waals surface area contributed by atoms with Gasteiger partial charge < -0.3 is 4.98 Å². The van der Waals surface area contributed by atoms with Crippen LogP contribution < -0.4 is 10.3 Å². The third-order valence-corrected chi connectivity index (χ3v) is 3.40. The topological polar surface area (TPSA) is 96.9 Å². The molecule has 0 atom stereocenters. The quantitative estimate of drug-likeness (QED) is 0.799. The molecule has 0 aliphatic heterocycles. The number of aromatic amines is 1. The lowest BCUT2D eigenvalue weighted by atomic mass is 10.5. The van der Waals surface area contributed by atoms with Gasteiger partial charge in [-0.3, -0.25) is 14.2 Å². The average molecular weight is 254 g/mol. The van der Waals surface area contributed by atoms with Crippen molar-refractivity contribution in [2.24, 2.45) is 7.05 Å². The number of anilines is 1. The highest BCUT2D eigenvalue weighted by Gasteiger charge is 2.14. The van der Waals surface area contributed by atoms with Gasteiger partial charge in [-0.25, -0.2) is 8.42 Å². The van der Waals surface area contributed by atoms with Crippen molar-refractivity contribution in [3.8, 4) is 0 Å². The van der Waals surface area contributed by atoms with Crippen LogP contribution in [0.5, 0.6) is 0 Å². The minimum absolute atomic E-state index is 0.0130. The summed E-state index contributed by atoms with van der Waals surface area (Å²) in [7, 11) is -2.01. The number of sulfonamides is 1. The number of hydrogen-bond acceptors (Lipinski definition) is 4. The second-order valence-electron chi connectivity index (χ2n) is 3.40. The molecule has 7 nitrogen and oxygen atoms in total. The van der Waals surface area contributed by atoms with E-state index in [9.17, 15) is 13.2 Å². The third-order valence-electron chi connectivity index (χ3n) is 2.02. The molecule has 0 aromatic carbocycles. The van der Waals surface area contributed by atoms with E-state index in [0.717, 1.165) is 12.3 Å².